The molecule has 1 aromatic carbocycles. The number of carbonyl (C=O) groups is 2. The Balaban J connectivity index is 1.31. The lowest BCUT2D eigenvalue weighted by Gasteiger charge is -2.37. The zero-order valence-corrected chi connectivity index (χ0v) is 18.0. The van der Waals surface area contributed by atoms with Gasteiger partial charge in [0, 0.05) is 35.3 Å². The van der Waals surface area contributed by atoms with Crippen LogP contribution in [0.2, 0.25) is 0 Å². The number of rotatable bonds is 4. The Kier molecular flexibility index (Phi) is 5.28. The summed E-state index contributed by atoms with van der Waals surface area (Å²) in [6.45, 7) is 2.31. The number of benzene rings is 1. The van der Waals surface area contributed by atoms with Crippen LogP contribution in [0, 0.1) is 11.8 Å². The van der Waals surface area contributed by atoms with Crippen molar-refractivity contribution in [2.75, 3.05) is 5.32 Å². The molecule has 164 valence electrons. The summed E-state index contributed by atoms with van der Waals surface area (Å²) in [4.78, 5) is 35.8. The Hall–Kier alpha value is -2.70. The summed E-state index contributed by atoms with van der Waals surface area (Å²) in [5.74, 6) is 0.386. The Bertz CT molecular complexity index is 987. The second kappa shape index (κ2) is 8.09. The Morgan fingerprint density at radius 1 is 1.06 bits per heavy atom. The Morgan fingerprint density at radius 3 is 2.45 bits per heavy atom. The number of hydrogen-bond acceptors (Lipinski definition) is 5. The van der Waals surface area contributed by atoms with E-state index in [2.05, 4.69) is 22.2 Å². The van der Waals surface area contributed by atoms with Crippen LogP contribution in [0.3, 0.4) is 0 Å². The van der Waals surface area contributed by atoms with E-state index >= 15 is 0 Å². The van der Waals surface area contributed by atoms with Crippen molar-refractivity contribution in [2.45, 2.75) is 76.4 Å². The summed E-state index contributed by atoms with van der Waals surface area (Å²) in [6.07, 6.45) is 9.47. The third-order valence-corrected chi connectivity index (χ3v) is 7.49. The number of anilines is 1. The first kappa shape index (κ1) is 20.2. The van der Waals surface area contributed by atoms with Crippen LogP contribution in [0.25, 0.3) is 10.9 Å². The molecule has 2 bridgehead atoms. The molecule has 1 aliphatic carbocycles. The van der Waals surface area contributed by atoms with E-state index in [1.54, 1.807) is 6.20 Å². The molecule has 0 spiro atoms. The summed E-state index contributed by atoms with van der Waals surface area (Å²) in [5, 5.41) is 13.7. The molecular formula is C24H30N4O3. The van der Waals surface area contributed by atoms with E-state index in [4.69, 9.17) is 0 Å². The maximum Gasteiger partial charge on any atom is 0.306 e. The third-order valence-electron chi connectivity index (χ3n) is 7.49. The van der Waals surface area contributed by atoms with Crippen LogP contribution in [0.1, 0.15) is 68.6 Å². The van der Waals surface area contributed by atoms with Crippen LogP contribution < -0.4 is 5.32 Å². The number of carbonyl (C=O) groups excluding carboxylic acids is 1. The highest BCUT2D eigenvalue weighted by molar-refractivity contribution is 5.98. The highest BCUT2D eigenvalue weighted by Crippen LogP contribution is 2.39. The van der Waals surface area contributed by atoms with Gasteiger partial charge in [-0.1, -0.05) is 6.92 Å². The number of carboxylic acid groups (broad SMARTS) is 1. The summed E-state index contributed by atoms with van der Waals surface area (Å²) >= 11 is 0. The molecule has 3 aliphatic rings. The van der Waals surface area contributed by atoms with Crippen molar-refractivity contribution in [2.24, 2.45) is 11.8 Å². The van der Waals surface area contributed by atoms with Crippen LogP contribution in [-0.2, 0) is 4.79 Å². The number of piperidine rings is 1. The fourth-order valence-corrected chi connectivity index (χ4v) is 5.68. The van der Waals surface area contributed by atoms with Gasteiger partial charge in [-0.05, 0) is 75.5 Å². The first-order valence-corrected chi connectivity index (χ1v) is 11.6. The van der Waals surface area contributed by atoms with Crippen molar-refractivity contribution in [3.8, 4) is 0 Å². The predicted molar refractivity (Wildman–Crippen MR) is 118 cm³/mol. The van der Waals surface area contributed by atoms with Gasteiger partial charge >= 0.3 is 5.97 Å². The van der Waals surface area contributed by atoms with Gasteiger partial charge in [-0.2, -0.15) is 0 Å². The molecule has 2 aromatic rings. The molecule has 0 radical (unpaired) electrons. The van der Waals surface area contributed by atoms with Crippen molar-refractivity contribution < 1.29 is 14.7 Å². The molecule has 5 rings (SSSR count). The monoisotopic (exact) mass is 422 g/mol. The molecule has 2 unspecified atom stereocenters. The van der Waals surface area contributed by atoms with E-state index in [-0.39, 0.29) is 23.9 Å². The largest absolute Gasteiger partial charge is 0.481 e. The van der Waals surface area contributed by atoms with Gasteiger partial charge in [0.2, 0.25) is 5.95 Å². The number of aliphatic carboxylic acids is 1. The highest BCUT2D eigenvalue weighted by atomic mass is 16.4. The first-order chi connectivity index (χ1) is 15.0. The maximum absolute atomic E-state index is 13.3. The molecule has 3 fully saturated rings. The SMILES string of the molecule is C[C@H]1CC[C@H](Nc2ncc3cc(C(=O)N4C5CCC4CC(C(=O)O)C5)ccc3n2)CC1. The molecule has 2 N–H and O–H groups in total. The molecule has 2 atom stereocenters. The van der Waals surface area contributed by atoms with Gasteiger partial charge in [0.05, 0.1) is 11.4 Å². The Morgan fingerprint density at radius 2 is 1.77 bits per heavy atom. The van der Waals surface area contributed by atoms with Crippen molar-refractivity contribution in [1.82, 2.24) is 14.9 Å². The van der Waals surface area contributed by atoms with E-state index in [1.807, 2.05) is 23.1 Å². The zero-order chi connectivity index (χ0) is 21.5. The standard InChI is InChI=1S/C24H30N4O3/c1-14-2-5-18(6-3-14)26-24-25-13-17-10-15(4-9-21(17)27-24)22(29)28-19-7-8-20(28)12-16(11-19)23(30)31/h4,9-10,13-14,16,18-20H,2-3,5-8,11-12H2,1H3,(H,30,31)(H,25,26,27)/t14-,16?,18-,19?,20?. The Labute approximate surface area is 182 Å². The zero-order valence-electron chi connectivity index (χ0n) is 18.0. The molecule has 1 saturated carbocycles. The second-order valence-corrected chi connectivity index (χ2v) is 9.67. The summed E-state index contributed by atoms with van der Waals surface area (Å²) in [7, 11) is 0. The summed E-state index contributed by atoms with van der Waals surface area (Å²) in [6, 6.07) is 6.09. The number of nitrogens with zero attached hydrogens (tertiary/aromatic N) is 3. The molecule has 3 heterocycles. The topological polar surface area (TPSA) is 95.4 Å². The van der Waals surface area contributed by atoms with Crippen LogP contribution in [0.4, 0.5) is 5.95 Å². The lowest BCUT2D eigenvalue weighted by molar-refractivity contribution is -0.144. The number of carboxylic acids is 1. The van der Waals surface area contributed by atoms with E-state index in [1.165, 1.54) is 12.8 Å². The van der Waals surface area contributed by atoms with Gasteiger partial charge in [-0.25, -0.2) is 9.97 Å². The maximum atomic E-state index is 13.3. The van der Waals surface area contributed by atoms with E-state index < -0.39 is 5.97 Å². The third kappa shape index (κ3) is 3.98. The van der Waals surface area contributed by atoms with Crippen molar-refractivity contribution >= 4 is 28.7 Å². The highest BCUT2D eigenvalue weighted by Gasteiger charge is 2.45. The molecule has 31 heavy (non-hydrogen) atoms. The minimum atomic E-state index is -0.737. The minimum absolute atomic E-state index is 0.00299. The normalized spacial score (nSPS) is 30.4. The lowest BCUT2D eigenvalue weighted by Crippen LogP contribution is -2.47. The van der Waals surface area contributed by atoms with E-state index in [0.29, 0.717) is 30.4 Å². The van der Waals surface area contributed by atoms with Crippen LogP contribution in [0.5, 0.6) is 0 Å². The minimum Gasteiger partial charge on any atom is -0.481 e. The van der Waals surface area contributed by atoms with Crippen LogP contribution >= 0.6 is 0 Å². The van der Waals surface area contributed by atoms with Gasteiger partial charge in [0.25, 0.3) is 5.91 Å². The number of amides is 1. The fourth-order valence-electron chi connectivity index (χ4n) is 5.68. The number of nitrogens with one attached hydrogen (secondary N) is 1. The average molecular weight is 423 g/mol. The van der Waals surface area contributed by atoms with Crippen LogP contribution in [-0.4, -0.2) is 50.0 Å². The van der Waals surface area contributed by atoms with Gasteiger partial charge in [-0.3, -0.25) is 9.59 Å². The van der Waals surface area contributed by atoms with Crippen molar-refractivity contribution in [1.29, 1.82) is 0 Å². The predicted octanol–water partition coefficient (Wildman–Crippen LogP) is 4.09. The second-order valence-electron chi connectivity index (χ2n) is 9.67. The van der Waals surface area contributed by atoms with E-state index in [0.717, 1.165) is 42.5 Å². The molecule has 2 aliphatic heterocycles. The number of aromatic nitrogens is 2. The number of hydrogen-bond donors (Lipinski definition) is 2. The molecule has 7 nitrogen and oxygen atoms in total. The molecular weight excluding hydrogens is 392 g/mol. The first-order valence-electron chi connectivity index (χ1n) is 11.6. The van der Waals surface area contributed by atoms with Crippen molar-refractivity contribution in [3.63, 3.8) is 0 Å². The summed E-state index contributed by atoms with van der Waals surface area (Å²) < 4.78 is 0. The average Bonchev–Trinajstić information content (AvgIpc) is 3.03. The quantitative estimate of drug-likeness (QED) is 0.771. The van der Waals surface area contributed by atoms with Crippen LogP contribution in [0.15, 0.2) is 24.4 Å². The lowest BCUT2D eigenvalue weighted by atomic mass is 9.87. The van der Waals surface area contributed by atoms with E-state index in [9.17, 15) is 14.7 Å². The molecule has 1 aromatic heterocycles. The molecule has 2 saturated heterocycles. The van der Waals surface area contributed by atoms with Gasteiger partial charge in [0.15, 0.2) is 0 Å². The molecule has 7 heteroatoms. The molecule has 1 amide bonds. The number of fused-ring (bicyclic) bond motifs is 3. The van der Waals surface area contributed by atoms with Gasteiger partial charge < -0.3 is 15.3 Å². The smallest absolute Gasteiger partial charge is 0.306 e. The van der Waals surface area contributed by atoms with Gasteiger partial charge in [-0.15, -0.1) is 0 Å². The summed E-state index contributed by atoms with van der Waals surface area (Å²) in [5.41, 5.74) is 1.45. The fraction of sp³-hybridized carbons (Fsp3) is 0.583. The van der Waals surface area contributed by atoms with Crippen molar-refractivity contribution in [3.05, 3.63) is 30.0 Å². The van der Waals surface area contributed by atoms with Gasteiger partial charge in [0.1, 0.15) is 0 Å².